The molecule has 5 heteroatoms. The van der Waals surface area contributed by atoms with Gasteiger partial charge in [0.25, 0.3) is 0 Å². The van der Waals surface area contributed by atoms with Gasteiger partial charge in [-0.05, 0) is 36.1 Å². The van der Waals surface area contributed by atoms with E-state index in [1.807, 2.05) is 25.2 Å². The van der Waals surface area contributed by atoms with E-state index in [0.717, 1.165) is 17.7 Å². The molecule has 1 aromatic carbocycles. The van der Waals surface area contributed by atoms with Crippen LogP contribution in [0.1, 0.15) is 36.6 Å². The molecule has 0 aliphatic carbocycles. The Kier molecular flexibility index (Phi) is 6.22. The summed E-state index contributed by atoms with van der Waals surface area (Å²) in [4.78, 5) is 33.0. The van der Waals surface area contributed by atoms with E-state index >= 15 is 0 Å². The molecular weight excluding hydrogens is 338 g/mol. The first-order chi connectivity index (χ1) is 13.1. The van der Waals surface area contributed by atoms with Crippen molar-refractivity contribution in [2.24, 2.45) is 5.92 Å². The molecule has 0 spiro atoms. The summed E-state index contributed by atoms with van der Waals surface area (Å²) in [5.41, 5.74) is 3.27. The van der Waals surface area contributed by atoms with Gasteiger partial charge in [-0.2, -0.15) is 0 Å². The first-order valence-electron chi connectivity index (χ1n) is 9.57. The number of likely N-dealkylation sites (tertiary alicyclic amines) is 1. The molecular formula is C22H27N3O2. The average Bonchev–Trinajstić information content (AvgIpc) is 2.70. The first kappa shape index (κ1) is 19.1. The van der Waals surface area contributed by atoms with Gasteiger partial charge in [0.05, 0.1) is 18.2 Å². The van der Waals surface area contributed by atoms with Gasteiger partial charge >= 0.3 is 0 Å². The molecule has 1 aromatic heterocycles. The topological polar surface area (TPSA) is 53.5 Å². The van der Waals surface area contributed by atoms with Crippen molar-refractivity contribution in [2.45, 2.75) is 39.3 Å². The largest absolute Gasteiger partial charge is 0.341 e. The number of aromatic nitrogens is 1. The van der Waals surface area contributed by atoms with E-state index < -0.39 is 0 Å². The molecule has 1 fully saturated rings. The molecule has 0 saturated carbocycles. The maximum absolute atomic E-state index is 12.9. The van der Waals surface area contributed by atoms with E-state index in [4.69, 9.17) is 0 Å². The Balaban J connectivity index is 1.60. The highest BCUT2D eigenvalue weighted by atomic mass is 16.2. The van der Waals surface area contributed by atoms with E-state index in [1.165, 1.54) is 5.56 Å². The van der Waals surface area contributed by atoms with Crippen molar-refractivity contribution < 1.29 is 9.59 Å². The maximum atomic E-state index is 12.9. The third-order valence-corrected chi connectivity index (χ3v) is 5.16. The predicted molar refractivity (Wildman–Crippen MR) is 105 cm³/mol. The van der Waals surface area contributed by atoms with Crippen LogP contribution in [0.5, 0.6) is 0 Å². The normalized spacial score (nSPS) is 17.0. The van der Waals surface area contributed by atoms with Gasteiger partial charge in [-0.15, -0.1) is 0 Å². The number of pyridine rings is 1. The Morgan fingerprint density at radius 3 is 2.59 bits per heavy atom. The summed E-state index contributed by atoms with van der Waals surface area (Å²) in [7, 11) is 1.84. The molecule has 142 valence electrons. The van der Waals surface area contributed by atoms with Gasteiger partial charge in [0, 0.05) is 32.8 Å². The zero-order valence-electron chi connectivity index (χ0n) is 16.1. The van der Waals surface area contributed by atoms with Crippen LogP contribution in [0.15, 0.2) is 48.7 Å². The van der Waals surface area contributed by atoms with Gasteiger partial charge in [0.1, 0.15) is 0 Å². The molecule has 2 aromatic rings. The second-order valence-corrected chi connectivity index (χ2v) is 7.20. The lowest BCUT2D eigenvalue weighted by molar-refractivity contribution is -0.143. The molecule has 0 unspecified atom stereocenters. The highest BCUT2D eigenvalue weighted by Gasteiger charge is 2.32. The standard InChI is InChI=1S/C22H27N3O2/c1-3-17-7-9-18(10-8-17)14-24(2)22(27)19-11-12-21(26)25(15-19)16-20-6-4-5-13-23-20/h4-10,13,19H,3,11-12,14-16H2,1-2H3/t19-/m0/s1. The third kappa shape index (κ3) is 4.94. The molecule has 0 bridgehead atoms. The maximum Gasteiger partial charge on any atom is 0.227 e. The van der Waals surface area contributed by atoms with Crippen LogP contribution in [0.4, 0.5) is 0 Å². The van der Waals surface area contributed by atoms with E-state index in [-0.39, 0.29) is 17.7 Å². The lowest BCUT2D eigenvalue weighted by Crippen LogP contribution is -2.45. The fraction of sp³-hybridized carbons (Fsp3) is 0.409. The number of carbonyl (C=O) groups excluding carboxylic acids is 2. The monoisotopic (exact) mass is 365 g/mol. The molecule has 5 nitrogen and oxygen atoms in total. The van der Waals surface area contributed by atoms with Crippen LogP contribution in [0.25, 0.3) is 0 Å². The first-order valence-corrected chi connectivity index (χ1v) is 9.57. The Bertz CT molecular complexity index is 774. The summed E-state index contributed by atoms with van der Waals surface area (Å²) in [6.07, 6.45) is 3.78. The number of piperidine rings is 1. The SMILES string of the molecule is CCc1ccc(CN(C)C(=O)[C@H]2CCC(=O)N(Cc3ccccn3)C2)cc1. The van der Waals surface area contributed by atoms with E-state index in [2.05, 4.69) is 36.2 Å². The molecule has 1 aliphatic rings. The minimum atomic E-state index is -0.147. The van der Waals surface area contributed by atoms with Crippen molar-refractivity contribution in [3.63, 3.8) is 0 Å². The number of rotatable bonds is 6. The number of hydrogen-bond acceptors (Lipinski definition) is 3. The number of aryl methyl sites for hydroxylation is 1. The van der Waals surface area contributed by atoms with E-state index in [0.29, 0.717) is 32.5 Å². The van der Waals surface area contributed by atoms with Gasteiger partial charge in [0.2, 0.25) is 11.8 Å². The molecule has 27 heavy (non-hydrogen) atoms. The molecule has 2 heterocycles. The number of benzene rings is 1. The zero-order chi connectivity index (χ0) is 19.2. The van der Waals surface area contributed by atoms with Crippen LogP contribution < -0.4 is 0 Å². The van der Waals surface area contributed by atoms with Gasteiger partial charge in [-0.3, -0.25) is 14.6 Å². The summed E-state index contributed by atoms with van der Waals surface area (Å²) in [5, 5.41) is 0. The summed E-state index contributed by atoms with van der Waals surface area (Å²) in [6, 6.07) is 14.1. The Morgan fingerprint density at radius 2 is 1.93 bits per heavy atom. The molecule has 0 radical (unpaired) electrons. The number of nitrogens with zero attached hydrogens (tertiary/aromatic N) is 3. The molecule has 1 atom stereocenters. The molecule has 2 amide bonds. The predicted octanol–water partition coefficient (Wildman–Crippen LogP) is 3.04. The molecule has 0 N–H and O–H groups in total. The summed E-state index contributed by atoms with van der Waals surface area (Å²) >= 11 is 0. The van der Waals surface area contributed by atoms with Crippen LogP contribution >= 0.6 is 0 Å². The summed E-state index contributed by atoms with van der Waals surface area (Å²) < 4.78 is 0. The van der Waals surface area contributed by atoms with Crippen LogP contribution in [0.3, 0.4) is 0 Å². The minimum absolute atomic E-state index is 0.0995. The molecule has 3 rings (SSSR count). The number of hydrogen-bond donors (Lipinski definition) is 0. The van der Waals surface area contributed by atoms with Gasteiger partial charge < -0.3 is 9.80 Å². The highest BCUT2D eigenvalue weighted by Crippen LogP contribution is 2.22. The van der Waals surface area contributed by atoms with E-state index in [9.17, 15) is 9.59 Å². The minimum Gasteiger partial charge on any atom is -0.341 e. The van der Waals surface area contributed by atoms with Crippen molar-refractivity contribution in [1.29, 1.82) is 0 Å². The smallest absolute Gasteiger partial charge is 0.227 e. The van der Waals surface area contributed by atoms with Crippen LogP contribution in [0.2, 0.25) is 0 Å². The van der Waals surface area contributed by atoms with Gasteiger partial charge in [-0.1, -0.05) is 37.3 Å². The third-order valence-electron chi connectivity index (χ3n) is 5.16. The average molecular weight is 365 g/mol. The lowest BCUT2D eigenvalue weighted by atomic mass is 9.95. The van der Waals surface area contributed by atoms with Crippen molar-refractivity contribution in [3.05, 3.63) is 65.5 Å². The molecule has 1 saturated heterocycles. The van der Waals surface area contributed by atoms with Crippen LogP contribution in [-0.4, -0.2) is 40.2 Å². The van der Waals surface area contributed by atoms with Crippen LogP contribution in [0, 0.1) is 5.92 Å². The van der Waals surface area contributed by atoms with Crippen molar-refractivity contribution in [3.8, 4) is 0 Å². The second kappa shape index (κ2) is 8.80. The summed E-state index contributed by atoms with van der Waals surface area (Å²) in [6.45, 7) is 3.65. The Labute approximate surface area is 161 Å². The summed E-state index contributed by atoms with van der Waals surface area (Å²) in [5.74, 6) is 0.0573. The zero-order valence-corrected chi connectivity index (χ0v) is 16.1. The Hall–Kier alpha value is -2.69. The second-order valence-electron chi connectivity index (χ2n) is 7.20. The highest BCUT2D eigenvalue weighted by molar-refractivity contribution is 5.83. The van der Waals surface area contributed by atoms with Crippen LogP contribution in [-0.2, 0) is 29.1 Å². The lowest BCUT2D eigenvalue weighted by Gasteiger charge is -2.33. The molecule has 1 aliphatic heterocycles. The fourth-order valence-electron chi connectivity index (χ4n) is 3.50. The van der Waals surface area contributed by atoms with Crippen molar-refractivity contribution >= 4 is 11.8 Å². The fourth-order valence-corrected chi connectivity index (χ4v) is 3.50. The van der Waals surface area contributed by atoms with Gasteiger partial charge in [-0.25, -0.2) is 0 Å². The quantitative estimate of drug-likeness (QED) is 0.791. The van der Waals surface area contributed by atoms with Gasteiger partial charge in [0.15, 0.2) is 0 Å². The Morgan fingerprint density at radius 1 is 1.19 bits per heavy atom. The van der Waals surface area contributed by atoms with Crippen molar-refractivity contribution in [2.75, 3.05) is 13.6 Å². The number of carbonyl (C=O) groups is 2. The van der Waals surface area contributed by atoms with E-state index in [1.54, 1.807) is 16.0 Å². The van der Waals surface area contributed by atoms with Crippen molar-refractivity contribution in [1.82, 2.24) is 14.8 Å². The number of amides is 2.